The average Bonchev–Trinajstić information content (AvgIpc) is 3.12. The topological polar surface area (TPSA) is 86.7 Å². The van der Waals surface area contributed by atoms with Crippen LogP contribution < -0.4 is 16.3 Å². The Hall–Kier alpha value is -3.20. The molecule has 1 atom stereocenters. The van der Waals surface area contributed by atoms with Gasteiger partial charge in [0.15, 0.2) is 11.2 Å². The molecule has 0 radical (unpaired) electrons. The summed E-state index contributed by atoms with van der Waals surface area (Å²) < 4.78 is 9.78. The van der Waals surface area contributed by atoms with Crippen molar-refractivity contribution in [1.82, 2.24) is 18.7 Å². The first-order valence-electron chi connectivity index (χ1n) is 9.92. The fraction of sp³-hybridized carbons (Fsp3) is 0.429. The van der Waals surface area contributed by atoms with E-state index in [1.54, 1.807) is 19.2 Å². The molecule has 1 aliphatic heterocycles. The number of methoxy groups -OCH3 is 1. The van der Waals surface area contributed by atoms with Crippen molar-refractivity contribution < 1.29 is 4.74 Å². The maximum atomic E-state index is 13.5. The van der Waals surface area contributed by atoms with Gasteiger partial charge in [-0.3, -0.25) is 18.5 Å². The SMILES string of the molecule is COCCN1N=C(C)C(C)n2c1nc1c2c(=O)n(Cc2cccc(C)c2)c(=O)n1C. The van der Waals surface area contributed by atoms with Gasteiger partial charge in [0.05, 0.1) is 31.4 Å². The summed E-state index contributed by atoms with van der Waals surface area (Å²) in [6.07, 6.45) is 0. The molecule has 0 fully saturated rings. The minimum Gasteiger partial charge on any atom is -0.383 e. The van der Waals surface area contributed by atoms with Gasteiger partial charge in [-0.1, -0.05) is 29.8 Å². The number of fused-ring (bicyclic) bond motifs is 3. The molecule has 158 valence electrons. The lowest BCUT2D eigenvalue weighted by Gasteiger charge is -2.29. The number of hydrogen-bond donors (Lipinski definition) is 0. The number of aryl methyl sites for hydroxylation is 2. The molecule has 0 N–H and O–H groups in total. The molecular formula is C21H26N6O3. The second kappa shape index (κ2) is 7.56. The predicted molar refractivity (Wildman–Crippen MR) is 117 cm³/mol. The number of hydrogen-bond acceptors (Lipinski definition) is 6. The lowest BCUT2D eigenvalue weighted by Crippen LogP contribution is -2.40. The molecule has 2 aromatic heterocycles. The summed E-state index contributed by atoms with van der Waals surface area (Å²) in [4.78, 5) is 31.2. The predicted octanol–water partition coefficient (Wildman–Crippen LogP) is 1.66. The molecule has 1 aromatic carbocycles. The largest absolute Gasteiger partial charge is 0.383 e. The van der Waals surface area contributed by atoms with E-state index in [1.807, 2.05) is 49.6 Å². The summed E-state index contributed by atoms with van der Waals surface area (Å²) in [5.74, 6) is 0.542. The molecular weight excluding hydrogens is 384 g/mol. The molecule has 0 saturated carbocycles. The van der Waals surface area contributed by atoms with Crippen molar-refractivity contribution >= 4 is 22.8 Å². The van der Waals surface area contributed by atoms with E-state index >= 15 is 0 Å². The van der Waals surface area contributed by atoms with E-state index in [4.69, 9.17) is 4.74 Å². The van der Waals surface area contributed by atoms with E-state index in [-0.39, 0.29) is 18.1 Å². The van der Waals surface area contributed by atoms with Crippen LogP contribution in [0.5, 0.6) is 0 Å². The molecule has 4 rings (SSSR count). The standard InChI is InChI=1S/C21H26N6O3/c1-13-7-6-8-16(11-13)12-25-19(28)17-18(24(4)21(25)29)22-20-26(9-10-30-5)23-14(2)15(3)27(17)20/h6-8,11,15H,9-10,12H2,1-5H3. The Morgan fingerprint density at radius 1 is 1.20 bits per heavy atom. The van der Waals surface area contributed by atoms with E-state index in [9.17, 15) is 9.59 Å². The first-order chi connectivity index (χ1) is 14.3. The summed E-state index contributed by atoms with van der Waals surface area (Å²) in [6, 6.07) is 7.66. The third-order valence-corrected chi connectivity index (χ3v) is 5.59. The molecule has 0 bridgehead atoms. The first-order valence-corrected chi connectivity index (χ1v) is 9.92. The van der Waals surface area contributed by atoms with Crippen LogP contribution >= 0.6 is 0 Å². The van der Waals surface area contributed by atoms with E-state index in [1.165, 1.54) is 9.13 Å². The molecule has 3 heterocycles. The summed E-state index contributed by atoms with van der Waals surface area (Å²) in [6.45, 7) is 7.05. The monoisotopic (exact) mass is 410 g/mol. The molecule has 9 nitrogen and oxygen atoms in total. The van der Waals surface area contributed by atoms with Crippen molar-refractivity contribution in [3.63, 3.8) is 0 Å². The number of benzene rings is 1. The van der Waals surface area contributed by atoms with Gasteiger partial charge in [-0.25, -0.2) is 9.80 Å². The van der Waals surface area contributed by atoms with Crippen LogP contribution in [0.2, 0.25) is 0 Å². The quantitative estimate of drug-likeness (QED) is 0.638. The van der Waals surface area contributed by atoms with Crippen molar-refractivity contribution in [1.29, 1.82) is 0 Å². The maximum Gasteiger partial charge on any atom is 0.332 e. The van der Waals surface area contributed by atoms with E-state index < -0.39 is 5.69 Å². The second-order valence-corrected chi connectivity index (χ2v) is 7.71. The van der Waals surface area contributed by atoms with Crippen LogP contribution in [0.4, 0.5) is 5.95 Å². The van der Waals surface area contributed by atoms with Crippen LogP contribution in [0, 0.1) is 6.92 Å². The first kappa shape index (κ1) is 20.1. The van der Waals surface area contributed by atoms with Crippen LogP contribution in [0.25, 0.3) is 11.2 Å². The fourth-order valence-corrected chi connectivity index (χ4v) is 3.84. The van der Waals surface area contributed by atoms with Crippen molar-refractivity contribution in [3.05, 3.63) is 56.2 Å². The third-order valence-electron chi connectivity index (χ3n) is 5.59. The zero-order valence-corrected chi connectivity index (χ0v) is 17.9. The number of ether oxygens (including phenoxy) is 1. The second-order valence-electron chi connectivity index (χ2n) is 7.71. The highest BCUT2D eigenvalue weighted by Crippen LogP contribution is 2.29. The van der Waals surface area contributed by atoms with E-state index in [0.717, 1.165) is 16.8 Å². The number of hydrazone groups is 1. The highest BCUT2D eigenvalue weighted by molar-refractivity contribution is 5.91. The van der Waals surface area contributed by atoms with Crippen molar-refractivity contribution in [2.45, 2.75) is 33.4 Å². The van der Waals surface area contributed by atoms with E-state index in [0.29, 0.717) is 30.3 Å². The number of imidazole rings is 1. The Labute approximate surface area is 173 Å². The lowest BCUT2D eigenvalue weighted by atomic mass is 10.1. The summed E-state index contributed by atoms with van der Waals surface area (Å²) in [5.41, 5.74) is 2.87. The fourth-order valence-electron chi connectivity index (χ4n) is 3.84. The van der Waals surface area contributed by atoms with Crippen LogP contribution in [0.1, 0.15) is 31.0 Å². The van der Waals surface area contributed by atoms with Crippen molar-refractivity contribution in [2.75, 3.05) is 25.3 Å². The van der Waals surface area contributed by atoms with Gasteiger partial charge in [0.2, 0.25) is 5.95 Å². The molecule has 1 unspecified atom stereocenters. The Balaban J connectivity index is 1.95. The molecule has 0 amide bonds. The Kier molecular flexibility index (Phi) is 5.07. The minimum absolute atomic E-state index is 0.151. The Morgan fingerprint density at radius 2 is 1.97 bits per heavy atom. The van der Waals surface area contributed by atoms with Gasteiger partial charge in [0.1, 0.15) is 0 Å². The van der Waals surface area contributed by atoms with Crippen LogP contribution in [-0.4, -0.2) is 44.7 Å². The van der Waals surface area contributed by atoms with Gasteiger partial charge in [0.25, 0.3) is 5.56 Å². The lowest BCUT2D eigenvalue weighted by molar-refractivity contribution is 0.204. The zero-order valence-electron chi connectivity index (χ0n) is 17.9. The summed E-state index contributed by atoms with van der Waals surface area (Å²) in [7, 11) is 3.27. The molecule has 0 saturated heterocycles. The third kappa shape index (κ3) is 3.15. The Morgan fingerprint density at radius 3 is 2.67 bits per heavy atom. The molecule has 30 heavy (non-hydrogen) atoms. The molecule has 0 spiro atoms. The van der Waals surface area contributed by atoms with Crippen LogP contribution in [0.15, 0.2) is 39.0 Å². The van der Waals surface area contributed by atoms with Crippen LogP contribution in [-0.2, 0) is 18.3 Å². The van der Waals surface area contributed by atoms with Crippen molar-refractivity contribution in [3.8, 4) is 0 Å². The van der Waals surface area contributed by atoms with Crippen LogP contribution in [0.3, 0.4) is 0 Å². The number of aromatic nitrogens is 4. The van der Waals surface area contributed by atoms with Gasteiger partial charge in [-0.05, 0) is 26.3 Å². The zero-order chi connectivity index (χ0) is 21.6. The van der Waals surface area contributed by atoms with Gasteiger partial charge < -0.3 is 4.74 Å². The summed E-state index contributed by atoms with van der Waals surface area (Å²) in [5, 5.41) is 6.34. The Bertz CT molecular complexity index is 1270. The maximum absolute atomic E-state index is 13.5. The van der Waals surface area contributed by atoms with Crippen molar-refractivity contribution in [2.24, 2.45) is 12.1 Å². The molecule has 9 heteroatoms. The van der Waals surface area contributed by atoms with E-state index in [2.05, 4.69) is 10.1 Å². The van der Waals surface area contributed by atoms with Gasteiger partial charge >= 0.3 is 5.69 Å². The van der Waals surface area contributed by atoms with Gasteiger partial charge in [0, 0.05) is 14.2 Å². The summed E-state index contributed by atoms with van der Waals surface area (Å²) >= 11 is 0. The number of nitrogens with zero attached hydrogens (tertiary/aromatic N) is 6. The normalized spacial score (nSPS) is 16.1. The smallest absolute Gasteiger partial charge is 0.332 e. The number of anilines is 1. The molecule has 0 aliphatic carbocycles. The number of rotatable bonds is 5. The average molecular weight is 410 g/mol. The highest BCUT2D eigenvalue weighted by Gasteiger charge is 2.30. The minimum atomic E-state index is -0.391. The van der Waals surface area contributed by atoms with Gasteiger partial charge in [-0.15, -0.1) is 0 Å². The highest BCUT2D eigenvalue weighted by atomic mass is 16.5. The molecule has 3 aromatic rings. The molecule has 1 aliphatic rings. The van der Waals surface area contributed by atoms with Gasteiger partial charge in [-0.2, -0.15) is 10.1 Å².